The first-order valence-electron chi connectivity index (χ1n) is 9.95. The SMILES string of the molecule is CCOc1ccc(C(=O)OCC(=O)c2ccc(S(=O)(=O)N3CCCCC3)cc2)cc1. The number of sulfonamides is 1. The number of ether oxygens (including phenoxy) is 2. The molecule has 0 radical (unpaired) electrons. The van der Waals surface area contributed by atoms with E-state index >= 15 is 0 Å². The molecule has 0 unspecified atom stereocenters. The van der Waals surface area contributed by atoms with Crippen molar-refractivity contribution in [3.8, 4) is 5.75 Å². The summed E-state index contributed by atoms with van der Waals surface area (Å²) >= 11 is 0. The van der Waals surface area contributed by atoms with Crippen molar-refractivity contribution in [2.75, 3.05) is 26.3 Å². The number of carbonyl (C=O) groups excluding carboxylic acids is 2. The van der Waals surface area contributed by atoms with Crippen molar-refractivity contribution >= 4 is 21.8 Å². The van der Waals surface area contributed by atoms with Crippen LogP contribution in [0, 0.1) is 0 Å². The van der Waals surface area contributed by atoms with Crippen LogP contribution < -0.4 is 4.74 Å². The predicted octanol–water partition coefficient (Wildman–Crippen LogP) is 3.30. The van der Waals surface area contributed by atoms with E-state index in [1.807, 2.05) is 6.92 Å². The smallest absolute Gasteiger partial charge is 0.338 e. The Balaban J connectivity index is 1.58. The second-order valence-corrected chi connectivity index (χ2v) is 8.88. The highest BCUT2D eigenvalue weighted by Crippen LogP contribution is 2.21. The van der Waals surface area contributed by atoms with Gasteiger partial charge in [0.1, 0.15) is 5.75 Å². The normalized spacial score (nSPS) is 14.8. The van der Waals surface area contributed by atoms with Gasteiger partial charge >= 0.3 is 5.97 Å². The van der Waals surface area contributed by atoms with E-state index in [0.717, 1.165) is 19.3 Å². The molecule has 3 rings (SSSR count). The van der Waals surface area contributed by atoms with Crippen LogP contribution in [-0.4, -0.2) is 50.8 Å². The largest absolute Gasteiger partial charge is 0.494 e. The fourth-order valence-electron chi connectivity index (χ4n) is 3.22. The maximum absolute atomic E-state index is 12.7. The van der Waals surface area contributed by atoms with Crippen LogP contribution in [0.3, 0.4) is 0 Å². The lowest BCUT2D eigenvalue weighted by Crippen LogP contribution is -2.35. The zero-order valence-electron chi connectivity index (χ0n) is 16.9. The molecule has 0 N–H and O–H groups in total. The van der Waals surface area contributed by atoms with Crippen molar-refractivity contribution in [1.82, 2.24) is 4.31 Å². The van der Waals surface area contributed by atoms with E-state index in [1.54, 1.807) is 24.3 Å². The molecule has 0 spiro atoms. The summed E-state index contributed by atoms with van der Waals surface area (Å²) in [6.45, 7) is 3.00. The van der Waals surface area contributed by atoms with Crippen molar-refractivity contribution in [2.45, 2.75) is 31.1 Å². The molecule has 1 heterocycles. The molecule has 8 heteroatoms. The zero-order valence-corrected chi connectivity index (χ0v) is 17.7. The molecule has 1 fully saturated rings. The van der Waals surface area contributed by atoms with Crippen LogP contribution in [0.1, 0.15) is 46.9 Å². The lowest BCUT2D eigenvalue weighted by atomic mass is 10.1. The Hall–Kier alpha value is -2.71. The number of nitrogens with zero attached hydrogens (tertiary/aromatic N) is 1. The molecule has 0 saturated carbocycles. The van der Waals surface area contributed by atoms with Gasteiger partial charge in [-0.1, -0.05) is 6.42 Å². The van der Waals surface area contributed by atoms with Gasteiger partial charge in [0.15, 0.2) is 12.4 Å². The van der Waals surface area contributed by atoms with Gasteiger partial charge in [-0.2, -0.15) is 4.31 Å². The number of benzene rings is 2. The van der Waals surface area contributed by atoms with Gasteiger partial charge in [0.2, 0.25) is 10.0 Å². The van der Waals surface area contributed by atoms with E-state index in [2.05, 4.69) is 0 Å². The summed E-state index contributed by atoms with van der Waals surface area (Å²) in [5.41, 5.74) is 0.598. The Kier molecular flexibility index (Phi) is 7.23. The Morgan fingerprint density at radius 3 is 2.10 bits per heavy atom. The summed E-state index contributed by atoms with van der Waals surface area (Å²) in [6.07, 6.45) is 2.75. The van der Waals surface area contributed by atoms with Crippen LogP contribution >= 0.6 is 0 Å². The Labute approximate surface area is 176 Å². The summed E-state index contributed by atoms with van der Waals surface area (Å²) in [5.74, 6) is -0.378. The van der Waals surface area contributed by atoms with Gasteiger partial charge in [0.05, 0.1) is 17.1 Å². The van der Waals surface area contributed by atoms with E-state index in [4.69, 9.17) is 9.47 Å². The molecule has 160 valence electrons. The Morgan fingerprint density at radius 1 is 0.900 bits per heavy atom. The third kappa shape index (κ3) is 5.25. The van der Waals surface area contributed by atoms with Crippen LogP contribution in [0.2, 0.25) is 0 Å². The molecule has 0 amide bonds. The topological polar surface area (TPSA) is 90.0 Å². The highest BCUT2D eigenvalue weighted by molar-refractivity contribution is 7.89. The summed E-state index contributed by atoms with van der Waals surface area (Å²) < 4.78 is 37.2. The third-order valence-corrected chi connectivity index (χ3v) is 6.78. The number of hydrogen-bond donors (Lipinski definition) is 0. The van der Waals surface area contributed by atoms with Gasteiger partial charge in [0.25, 0.3) is 0 Å². The van der Waals surface area contributed by atoms with Crippen LogP contribution in [0.15, 0.2) is 53.4 Å². The van der Waals surface area contributed by atoms with Crippen molar-refractivity contribution in [1.29, 1.82) is 0 Å². The number of carbonyl (C=O) groups is 2. The molecule has 0 aliphatic carbocycles. The molecule has 2 aromatic rings. The Morgan fingerprint density at radius 2 is 1.50 bits per heavy atom. The number of hydrogen-bond acceptors (Lipinski definition) is 6. The fraction of sp³-hybridized carbons (Fsp3) is 0.364. The van der Waals surface area contributed by atoms with Gasteiger partial charge in [-0.15, -0.1) is 0 Å². The molecule has 1 aliphatic heterocycles. The van der Waals surface area contributed by atoms with Gasteiger partial charge < -0.3 is 9.47 Å². The predicted molar refractivity (Wildman–Crippen MR) is 111 cm³/mol. The van der Waals surface area contributed by atoms with E-state index < -0.39 is 28.4 Å². The minimum atomic E-state index is -3.55. The van der Waals surface area contributed by atoms with E-state index in [9.17, 15) is 18.0 Å². The van der Waals surface area contributed by atoms with E-state index in [1.165, 1.54) is 28.6 Å². The standard InChI is InChI=1S/C22H25NO6S/c1-2-28-19-10-6-18(7-11-19)22(25)29-16-21(24)17-8-12-20(13-9-17)30(26,27)23-14-4-3-5-15-23/h6-13H,2-5,14-16H2,1H3. The molecular weight excluding hydrogens is 406 g/mol. The van der Waals surface area contributed by atoms with Crippen molar-refractivity contribution in [2.24, 2.45) is 0 Å². The van der Waals surface area contributed by atoms with Crippen molar-refractivity contribution in [3.05, 3.63) is 59.7 Å². The maximum atomic E-state index is 12.7. The average molecular weight is 432 g/mol. The Bertz CT molecular complexity index is 977. The second-order valence-electron chi connectivity index (χ2n) is 6.95. The van der Waals surface area contributed by atoms with Crippen LogP contribution in [0.5, 0.6) is 5.75 Å². The molecule has 1 aliphatic rings. The van der Waals surface area contributed by atoms with Crippen molar-refractivity contribution < 1.29 is 27.5 Å². The quantitative estimate of drug-likeness (QED) is 0.471. The first kappa shape index (κ1) is 22.0. The highest BCUT2D eigenvalue weighted by Gasteiger charge is 2.26. The van der Waals surface area contributed by atoms with E-state index in [-0.39, 0.29) is 10.5 Å². The average Bonchev–Trinajstić information content (AvgIpc) is 2.78. The van der Waals surface area contributed by atoms with Crippen LogP contribution in [0.4, 0.5) is 0 Å². The summed E-state index contributed by atoms with van der Waals surface area (Å²) in [6, 6.07) is 12.2. The fourth-order valence-corrected chi connectivity index (χ4v) is 4.74. The molecule has 7 nitrogen and oxygen atoms in total. The second kappa shape index (κ2) is 9.86. The van der Waals surface area contributed by atoms with Gasteiger partial charge in [-0.3, -0.25) is 4.79 Å². The number of piperidine rings is 1. The third-order valence-electron chi connectivity index (χ3n) is 4.86. The van der Waals surface area contributed by atoms with Gasteiger partial charge in [-0.25, -0.2) is 13.2 Å². The highest BCUT2D eigenvalue weighted by atomic mass is 32.2. The maximum Gasteiger partial charge on any atom is 0.338 e. The molecule has 0 bridgehead atoms. The van der Waals surface area contributed by atoms with Gasteiger partial charge in [-0.05, 0) is 68.3 Å². The van der Waals surface area contributed by atoms with Crippen LogP contribution in [0.25, 0.3) is 0 Å². The summed E-state index contributed by atoms with van der Waals surface area (Å²) in [7, 11) is -3.55. The molecule has 2 aromatic carbocycles. The minimum Gasteiger partial charge on any atom is -0.494 e. The monoisotopic (exact) mass is 431 g/mol. The molecular formula is C22H25NO6S. The van der Waals surface area contributed by atoms with Crippen molar-refractivity contribution in [3.63, 3.8) is 0 Å². The molecule has 0 aromatic heterocycles. The van der Waals surface area contributed by atoms with E-state index in [0.29, 0.717) is 31.0 Å². The van der Waals surface area contributed by atoms with Gasteiger partial charge in [0, 0.05) is 18.7 Å². The molecule has 30 heavy (non-hydrogen) atoms. The lowest BCUT2D eigenvalue weighted by Gasteiger charge is -2.25. The number of rotatable bonds is 8. The molecule has 0 atom stereocenters. The molecule has 1 saturated heterocycles. The minimum absolute atomic E-state index is 0.160. The number of esters is 1. The number of ketones is 1. The lowest BCUT2D eigenvalue weighted by molar-refractivity contribution is 0.0474. The zero-order chi connectivity index (χ0) is 21.6. The summed E-state index contributed by atoms with van der Waals surface area (Å²) in [4.78, 5) is 24.6. The number of Topliss-reactive ketones (excluding diaryl/α,β-unsaturated/α-hetero) is 1. The first-order chi connectivity index (χ1) is 14.4. The van der Waals surface area contributed by atoms with Crippen LogP contribution in [-0.2, 0) is 14.8 Å². The first-order valence-corrected chi connectivity index (χ1v) is 11.4. The summed E-state index contributed by atoms with van der Waals surface area (Å²) in [5, 5.41) is 0.